The fourth-order valence-corrected chi connectivity index (χ4v) is 2.66. The summed E-state index contributed by atoms with van der Waals surface area (Å²) in [5, 5.41) is 6.48. The summed E-state index contributed by atoms with van der Waals surface area (Å²) in [6.45, 7) is 6.52. The second-order valence-electron chi connectivity index (χ2n) is 7.20. The molecule has 0 aliphatic rings. The number of hydrogen-bond acceptors (Lipinski definition) is 4. The standard InChI is InChI=1S/C21H21ClN4O/c1-21(2,3)14-7-9-16(10-8-14)25-19-13-23-18(12-24-19)20(27)26-17-6-4-5-15(22)11-17/h4-13H,1-3H3,(H,24,25)(H,26,27). The van der Waals surface area contributed by atoms with Crippen molar-refractivity contribution in [2.24, 2.45) is 0 Å². The lowest BCUT2D eigenvalue weighted by Crippen LogP contribution is -2.14. The molecule has 5 nitrogen and oxygen atoms in total. The third-order valence-corrected chi connectivity index (χ3v) is 4.23. The highest BCUT2D eigenvalue weighted by Gasteiger charge is 2.13. The Hall–Kier alpha value is -2.92. The van der Waals surface area contributed by atoms with Gasteiger partial charge in [-0.05, 0) is 41.3 Å². The molecule has 0 fully saturated rings. The van der Waals surface area contributed by atoms with Crippen LogP contribution in [0.15, 0.2) is 60.9 Å². The van der Waals surface area contributed by atoms with Crippen LogP contribution in [0, 0.1) is 0 Å². The average molecular weight is 381 g/mol. The predicted molar refractivity (Wildman–Crippen MR) is 110 cm³/mol. The number of nitrogens with zero attached hydrogens (tertiary/aromatic N) is 2. The Morgan fingerprint density at radius 1 is 0.963 bits per heavy atom. The van der Waals surface area contributed by atoms with Crippen LogP contribution < -0.4 is 10.6 Å². The zero-order valence-electron chi connectivity index (χ0n) is 15.5. The molecule has 3 rings (SSSR count). The summed E-state index contributed by atoms with van der Waals surface area (Å²) in [5.41, 5.74) is 3.11. The zero-order valence-corrected chi connectivity index (χ0v) is 16.2. The first-order chi connectivity index (χ1) is 12.8. The van der Waals surface area contributed by atoms with E-state index in [4.69, 9.17) is 11.6 Å². The van der Waals surface area contributed by atoms with Crippen LogP contribution >= 0.6 is 11.6 Å². The summed E-state index contributed by atoms with van der Waals surface area (Å²) in [6, 6.07) is 15.1. The van der Waals surface area contributed by atoms with Gasteiger partial charge in [0.1, 0.15) is 11.5 Å². The molecule has 0 spiro atoms. The Kier molecular flexibility index (Phi) is 5.42. The van der Waals surface area contributed by atoms with E-state index >= 15 is 0 Å². The number of carbonyl (C=O) groups excluding carboxylic acids is 1. The molecule has 0 radical (unpaired) electrons. The second kappa shape index (κ2) is 7.76. The SMILES string of the molecule is CC(C)(C)c1ccc(Nc2cnc(C(=O)Nc3cccc(Cl)c3)cn2)cc1. The van der Waals surface area contributed by atoms with E-state index in [1.165, 1.54) is 18.0 Å². The molecule has 27 heavy (non-hydrogen) atoms. The first-order valence-electron chi connectivity index (χ1n) is 8.58. The number of benzene rings is 2. The van der Waals surface area contributed by atoms with Gasteiger partial charge in [-0.15, -0.1) is 0 Å². The van der Waals surface area contributed by atoms with Gasteiger partial charge in [0.15, 0.2) is 0 Å². The van der Waals surface area contributed by atoms with Gasteiger partial charge in [0.2, 0.25) is 0 Å². The van der Waals surface area contributed by atoms with Gasteiger partial charge >= 0.3 is 0 Å². The lowest BCUT2D eigenvalue weighted by Gasteiger charge is -2.19. The van der Waals surface area contributed by atoms with Crippen LogP contribution in [0.3, 0.4) is 0 Å². The minimum absolute atomic E-state index is 0.107. The highest BCUT2D eigenvalue weighted by molar-refractivity contribution is 6.30. The van der Waals surface area contributed by atoms with Crippen molar-refractivity contribution in [3.05, 3.63) is 77.2 Å². The molecule has 0 saturated carbocycles. The molecule has 3 aromatic rings. The average Bonchev–Trinajstić information content (AvgIpc) is 2.62. The van der Waals surface area contributed by atoms with Gasteiger partial charge < -0.3 is 10.6 Å². The summed E-state index contributed by atoms with van der Waals surface area (Å²) in [7, 11) is 0. The third-order valence-electron chi connectivity index (χ3n) is 3.99. The van der Waals surface area contributed by atoms with Crippen molar-refractivity contribution in [2.45, 2.75) is 26.2 Å². The van der Waals surface area contributed by atoms with Crippen molar-refractivity contribution in [1.82, 2.24) is 9.97 Å². The maximum atomic E-state index is 12.2. The Morgan fingerprint density at radius 2 is 1.70 bits per heavy atom. The number of halogens is 1. The molecule has 2 aromatic carbocycles. The first-order valence-corrected chi connectivity index (χ1v) is 8.95. The molecular weight excluding hydrogens is 360 g/mol. The molecule has 0 saturated heterocycles. The van der Waals surface area contributed by atoms with E-state index < -0.39 is 0 Å². The zero-order chi connectivity index (χ0) is 19.4. The Morgan fingerprint density at radius 3 is 2.30 bits per heavy atom. The van der Waals surface area contributed by atoms with E-state index in [0.717, 1.165) is 5.69 Å². The number of aromatic nitrogens is 2. The molecule has 1 aromatic heterocycles. The molecule has 0 aliphatic carbocycles. The minimum Gasteiger partial charge on any atom is -0.339 e. The smallest absolute Gasteiger partial charge is 0.275 e. The van der Waals surface area contributed by atoms with Crippen LogP contribution in [-0.2, 0) is 5.41 Å². The highest BCUT2D eigenvalue weighted by atomic mass is 35.5. The summed E-state index contributed by atoms with van der Waals surface area (Å²) in [4.78, 5) is 20.7. The first kappa shape index (κ1) is 18.9. The van der Waals surface area contributed by atoms with Crippen molar-refractivity contribution in [2.75, 3.05) is 10.6 Å². The fraction of sp³-hybridized carbons (Fsp3) is 0.190. The van der Waals surface area contributed by atoms with E-state index in [1.807, 2.05) is 12.1 Å². The third kappa shape index (κ3) is 5.05. The largest absolute Gasteiger partial charge is 0.339 e. The van der Waals surface area contributed by atoms with E-state index in [2.05, 4.69) is 53.5 Å². The normalized spacial score (nSPS) is 11.1. The Bertz CT molecular complexity index is 932. The molecule has 0 unspecified atom stereocenters. The van der Waals surface area contributed by atoms with Crippen molar-refractivity contribution in [3.63, 3.8) is 0 Å². The lowest BCUT2D eigenvalue weighted by molar-refractivity contribution is 0.102. The van der Waals surface area contributed by atoms with Crippen LogP contribution in [0.5, 0.6) is 0 Å². The molecule has 0 atom stereocenters. The van der Waals surface area contributed by atoms with Crippen molar-refractivity contribution in [3.8, 4) is 0 Å². The summed E-state index contributed by atoms with van der Waals surface area (Å²) < 4.78 is 0. The number of amides is 1. The molecule has 138 valence electrons. The van der Waals surface area contributed by atoms with E-state index in [1.54, 1.807) is 24.3 Å². The molecule has 0 bridgehead atoms. The van der Waals surface area contributed by atoms with E-state index in [-0.39, 0.29) is 17.0 Å². The van der Waals surface area contributed by atoms with Crippen LogP contribution in [0.1, 0.15) is 36.8 Å². The summed E-state index contributed by atoms with van der Waals surface area (Å²) >= 11 is 5.92. The van der Waals surface area contributed by atoms with Crippen molar-refractivity contribution < 1.29 is 4.79 Å². The van der Waals surface area contributed by atoms with Crippen LogP contribution in [0.25, 0.3) is 0 Å². The highest BCUT2D eigenvalue weighted by Crippen LogP contribution is 2.24. The summed E-state index contributed by atoms with van der Waals surface area (Å²) in [5.74, 6) is 0.226. The van der Waals surface area contributed by atoms with Gasteiger partial charge in [0.25, 0.3) is 5.91 Å². The van der Waals surface area contributed by atoms with Gasteiger partial charge in [-0.2, -0.15) is 0 Å². The summed E-state index contributed by atoms with van der Waals surface area (Å²) in [6.07, 6.45) is 2.97. The minimum atomic E-state index is -0.342. The second-order valence-corrected chi connectivity index (χ2v) is 7.64. The van der Waals surface area contributed by atoms with Gasteiger partial charge in [-0.1, -0.05) is 50.6 Å². The fourth-order valence-electron chi connectivity index (χ4n) is 2.47. The van der Waals surface area contributed by atoms with Crippen molar-refractivity contribution in [1.29, 1.82) is 0 Å². The van der Waals surface area contributed by atoms with Crippen LogP contribution in [0.2, 0.25) is 5.02 Å². The van der Waals surface area contributed by atoms with Crippen LogP contribution in [-0.4, -0.2) is 15.9 Å². The van der Waals surface area contributed by atoms with Crippen molar-refractivity contribution >= 4 is 34.7 Å². The number of anilines is 3. The molecule has 1 amide bonds. The van der Waals surface area contributed by atoms with Crippen LogP contribution in [0.4, 0.5) is 17.2 Å². The lowest BCUT2D eigenvalue weighted by atomic mass is 9.87. The number of rotatable bonds is 4. The topological polar surface area (TPSA) is 66.9 Å². The Balaban J connectivity index is 1.65. The number of carbonyl (C=O) groups is 1. The van der Waals surface area contributed by atoms with Gasteiger partial charge in [-0.3, -0.25) is 4.79 Å². The molecule has 1 heterocycles. The molecule has 6 heteroatoms. The number of hydrogen-bond donors (Lipinski definition) is 2. The number of nitrogens with one attached hydrogen (secondary N) is 2. The maximum Gasteiger partial charge on any atom is 0.275 e. The van der Waals surface area contributed by atoms with Gasteiger partial charge in [0, 0.05) is 16.4 Å². The molecule has 0 aliphatic heterocycles. The Labute approximate surface area is 163 Å². The monoisotopic (exact) mass is 380 g/mol. The predicted octanol–water partition coefficient (Wildman–Crippen LogP) is 5.42. The molecule has 2 N–H and O–H groups in total. The van der Waals surface area contributed by atoms with E-state index in [9.17, 15) is 4.79 Å². The molecular formula is C21H21ClN4O. The van der Waals surface area contributed by atoms with Gasteiger partial charge in [0.05, 0.1) is 12.4 Å². The van der Waals surface area contributed by atoms with Gasteiger partial charge in [-0.25, -0.2) is 9.97 Å². The maximum absolute atomic E-state index is 12.2. The quantitative estimate of drug-likeness (QED) is 0.633. The van der Waals surface area contributed by atoms with E-state index in [0.29, 0.717) is 16.5 Å².